The van der Waals surface area contributed by atoms with Crippen LogP contribution in [0.1, 0.15) is 30.4 Å². The largest absolute Gasteiger partial charge is 0.399 e. The fourth-order valence-corrected chi connectivity index (χ4v) is 3.10. The van der Waals surface area contributed by atoms with Gasteiger partial charge in [0.25, 0.3) is 0 Å². The lowest BCUT2D eigenvalue weighted by atomic mass is 9.63. The standard InChI is InChI=1S/C12H16N2/c13-9-2-3-10-8(6-9)7-11(14)12(10)4-1-5-12/h2-3,6,11H,1,4-5,7,13-14H2. The molecule has 0 heterocycles. The van der Waals surface area contributed by atoms with Crippen molar-refractivity contribution >= 4 is 5.69 Å². The van der Waals surface area contributed by atoms with Crippen molar-refractivity contribution in [2.75, 3.05) is 5.73 Å². The van der Waals surface area contributed by atoms with E-state index in [0.29, 0.717) is 11.5 Å². The Morgan fingerprint density at radius 3 is 2.71 bits per heavy atom. The maximum Gasteiger partial charge on any atom is 0.0316 e. The van der Waals surface area contributed by atoms with Crippen LogP contribution in [0.4, 0.5) is 5.69 Å². The maximum absolute atomic E-state index is 6.23. The molecule has 0 saturated heterocycles. The Labute approximate surface area is 84.3 Å². The van der Waals surface area contributed by atoms with Crippen LogP contribution >= 0.6 is 0 Å². The fourth-order valence-electron chi connectivity index (χ4n) is 3.10. The molecule has 0 bridgehead atoms. The van der Waals surface area contributed by atoms with Gasteiger partial charge in [-0.2, -0.15) is 0 Å². The minimum Gasteiger partial charge on any atom is -0.399 e. The lowest BCUT2D eigenvalue weighted by molar-refractivity contribution is 0.213. The van der Waals surface area contributed by atoms with Gasteiger partial charge in [-0.1, -0.05) is 12.5 Å². The highest BCUT2D eigenvalue weighted by atomic mass is 14.7. The molecule has 1 saturated carbocycles. The Balaban J connectivity index is 2.13. The Kier molecular flexibility index (Phi) is 1.49. The van der Waals surface area contributed by atoms with Crippen molar-refractivity contribution in [1.29, 1.82) is 0 Å². The van der Waals surface area contributed by atoms with Gasteiger partial charge in [-0.15, -0.1) is 0 Å². The molecule has 0 amide bonds. The van der Waals surface area contributed by atoms with Crippen LogP contribution in [0.3, 0.4) is 0 Å². The number of nitrogens with two attached hydrogens (primary N) is 2. The lowest BCUT2D eigenvalue weighted by Gasteiger charge is -2.43. The highest BCUT2D eigenvalue weighted by molar-refractivity contribution is 5.52. The average Bonchev–Trinajstić information content (AvgIpc) is 2.34. The molecule has 74 valence electrons. The molecule has 0 radical (unpaired) electrons. The SMILES string of the molecule is Nc1ccc2c(c1)CC(N)C21CCC1. The smallest absolute Gasteiger partial charge is 0.0316 e. The normalized spacial score (nSPS) is 27.4. The molecule has 2 nitrogen and oxygen atoms in total. The first kappa shape index (κ1) is 8.30. The van der Waals surface area contributed by atoms with Crippen LogP contribution in [0, 0.1) is 0 Å². The molecule has 2 heteroatoms. The van der Waals surface area contributed by atoms with Gasteiger partial charge in [0.05, 0.1) is 0 Å². The molecule has 1 unspecified atom stereocenters. The molecule has 0 aromatic heterocycles. The van der Waals surface area contributed by atoms with Gasteiger partial charge >= 0.3 is 0 Å². The van der Waals surface area contributed by atoms with Crippen LogP contribution in [0.25, 0.3) is 0 Å². The Bertz CT molecular complexity index is 380. The number of hydrogen-bond acceptors (Lipinski definition) is 2. The van der Waals surface area contributed by atoms with Gasteiger partial charge in [0.2, 0.25) is 0 Å². The van der Waals surface area contributed by atoms with Gasteiger partial charge in [-0.25, -0.2) is 0 Å². The summed E-state index contributed by atoms with van der Waals surface area (Å²) >= 11 is 0. The van der Waals surface area contributed by atoms with Crippen LogP contribution in [-0.4, -0.2) is 6.04 Å². The van der Waals surface area contributed by atoms with Gasteiger partial charge < -0.3 is 11.5 Å². The van der Waals surface area contributed by atoms with Crippen LogP contribution in [-0.2, 0) is 11.8 Å². The van der Waals surface area contributed by atoms with Crippen molar-refractivity contribution < 1.29 is 0 Å². The number of benzene rings is 1. The van der Waals surface area contributed by atoms with E-state index in [9.17, 15) is 0 Å². The van der Waals surface area contributed by atoms with E-state index in [1.165, 1.54) is 30.4 Å². The molecule has 2 aliphatic rings. The number of anilines is 1. The second-order valence-electron chi connectivity index (χ2n) is 4.74. The monoisotopic (exact) mass is 188 g/mol. The zero-order valence-electron chi connectivity index (χ0n) is 8.29. The zero-order valence-corrected chi connectivity index (χ0v) is 8.29. The molecular formula is C12H16N2. The third-order valence-electron chi connectivity index (χ3n) is 4.06. The van der Waals surface area contributed by atoms with E-state index >= 15 is 0 Å². The lowest BCUT2D eigenvalue weighted by Crippen LogP contribution is -2.47. The Hall–Kier alpha value is -1.02. The predicted molar refractivity (Wildman–Crippen MR) is 58.1 cm³/mol. The van der Waals surface area contributed by atoms with Crippen molar-refractivity contribution in [3.8, 4) is 0 Å². The summed E-state index contributed by atoms with van der Waals surface area (Å²) in [6.45, 7) is 0. The van der Waals surface area contributed by atoms with Crippen molar-refractivity contribution in [2.24, 2.45) is 5.73 Å². The number of nitrogen functional groups attached to an aromatic ring is 1. The highest BCUT2D eigenvalue weighted by Crippen LogP contribution is 2.51. The molecule has 1 fully saturated rings. The van der Waals surface area contributed by atoms with Crippen LogP contribution in [0.5, 0.6) is 0 Å². The predicted octanol–water partition coefficient (Wildman–Crippen LogP) is 1.57. The average molecular weight is 188 g/mol. The Morgan fingerprint density at radius 2 is 2.07 bits per heavy atom. The summed E-state index contributed by atoms with van der Waals surface area (Å²) in [7, 11) is 0. The Morgan fingerprint density at radius 1 is 1.29 bits per heavy atom. The topological polar surface area (TPSA) is 52.0 Å². The molecule has 1 atom stereocenters. The molecule has 4 N–H and O–H groups in total. The quantitative estimate of drug-likeness (QED) is 0.607. The molecule has 1 aromatic rings. The summed E-state index contributed by atoms with van der Waals surface area (Å²) in [5.41, 5.74) is 16.1. The summed E-state index contributed by atoms with van der Waals surface area (Å²) < 4.78 is 0. The summed E-state index contributed by atoms with van der Waals surface area (Å²) in [6, 6.07) is 6.63. The number of rotatable bonds is 0. The van der Waals surface area contributed by atoms with Crippen LogP contribution < -0.4 is 11.5 Å². The van der Waals surface area contributed by atoms with E-state index in [2.05, 4.69) is 12.1 Å². The second kappa shape index (κ2) is 2.51. The number of hydrogen-bond donors (Lipinski definition) is 2. The van der Waals surface area contributed by atoms with Gasteiger partial charge in [-0.3, -0.25) is 0 Å². The first-order valence-electron chi connectivity index (χ1n) is 5.37. The second-order valence-corrected chi connectivity index (χ2v) is 4.74. The molecular weight excluding hydrogens is 172 g/mol. The number of fused-ring (bicyclic) bond motifs is 2. The summed E-state index contributed by atoms with van der Waals surface area (Å²) in [4.78, 5) is 0. The molecule has 1 aromatic carbocycles. The van der Waals surface area contributed by atoms with E-state index in [4.69, 9.17) is 11.5 Å². The fraction of sp³-hybridized carbons (Fsp3) is 0.500. The van der Waals surface area contributed by atoms with E-state index in [1.54, 1.807) is 0 Å². The minimum atomic E-state index is 0.322. The molecule has 0 aliphatic heterocycles. The van der Waals surface area contributed by atoms with E-state index in [0.717, 1.165) is 12.1 Å². The van der Waals surface area contributed by atoms with Gasteiger partial charge in [0, 0.05) is 17.1 Å². The minimum absolute atomic E-state index is 0.322. The maximum atomic E-state index is 6.23. The highest BCUT2D eigenvalue weighted by Gasteiger charge is 2.48. The van der Waals surface area contributed by atoms with Crippen molar-refractivity contribution in [1.82, 2.24) is 0 Å². The van der Waals surface area contributed by atoms with Gasteiger partial charge in [0.1, 0.15) is 0 Å². The molecule has 2 aliphatic carbocycles. The van der Waals surface area contributed by atoms with Crippen LogP contribution in [0.15, 0.2) is 18.2 Å². The van der Waals surface area contributed by atoms with Crippen molar-refractivity contribution in [3.63, 3.8) is 0 Å². The van der Waals surface area contributed by atoms with E-state index in [-0.39, 0.29) is 0 Å². The zero-order chi connectivity index (χ0) is 9.76. The summed E-state index contributed by atoms with van der Waals surface area (Å²) in [6.07, 6.45) is 4.88. The van der Waals surface area contributed by atoms with Gasteiger partial charge in [0.15, 0.2) is 0 Å². The summed E-state index contributed by atoms with van der Waals surface area (Å²) in [5, 5.41) is 0. The van der Waals surface area contributed by atoms with E-state index in [1.807, 2.05) is 6.07 Å². The third kappa shape index (κ3) is 0.845. The molecule has 3 rings (SSSR count). The first-order chi connectivity index (χ1) is 6.72. The summed E-state index contributed by atoms with van der Waals surface area (Å²) in [5.74, 6) is 0. The van der Waals surface area contributed by atoms with Crippen molar-refractivity contribution in [3.05, 3.63) is 29.3 Å². The third-order valence-corrected chi connectivity index (χ3v) is 4.06. The van der Waals surface area contributed by atoms with Gasteiger partial charge in [-0.05, 0) is 42.5 Å². The van der Waals surface area contributed by atoms with Crippen molar-refractivity contribution in [2.45, 2.75) is 37.1 Å². The van der Waals surface area contributed by atoms with Crippen LogP contribution in [0.2, 0.25) is 0 Å². The first-order valence-corrected chi connectivity index (χ1v) is 5.37. The van der Waals surface area contributed by atoms with E-state index < -0.39 is 0 Å². The molecule has 1 spiro atoms. The molecule has 14 heavy (non-hydrogen) atoms.